The number of ether oxygens (including phenoxy) is 2. The van der Waals surface area contributed by atoms with Crippen molar-refractivity contribution in [2.45, 2.75) is 13.0 Å². The Morgan fingerprint density at radius 3 is 2.88 bits per heavy atom. The predicted molar refractivity (Wildman–Crippen MR) is 67.3 cm³/mol. The van der Waals surface area contributed by atoms with Crippen molar-refractivity contribution in [3.8, 4) is 5.75 Å². The lowest BCUT2D eigenvalue weighted by Gasteiger charge is -2.15. The van der Waals surface area contributed by atoms with Gasteiger partial charge < -0.3 is 19.9 Å². The van der Waals surface area contributed by atoms with Crippen LogP contribution < -0.4 is 10.1 Å². The molecule has 0 amide bonds. The fourth-order valence-corrected chi connectivity index (χ4v) is 1.54. The molecule has 4 nitrogen and oxygen atoms in total. The van der Waals surface area contributed by atoms with Gasteiger partial charge in [-0.1, -0.05) is 12.1 Å². The smallest absolute Gasteiger partial charge is 0.119 e. The molecule has 0 spiro atoms. The molecule has 0 saturated heterocycles. The van der Waals surface area contributed by atoms with Crippen molar-refractivity contribution >= 4 is 0 Å². The molecule has 1 rings (SSSR count). The molecule has 0 aromatic heterocycles. The number of hydrogen-bond donors (Lipinski definition) is 2. The zero-order chi connectivity index (χ0) is 12.5. The van der Waals surface area contributed by atoms with Crippen molar-refractivity contribution in [3.63, 3.8) is 0 Å². The molecule has 0 fully saturated rings. The molecule has 0 saturated carbocycles. The fourth-order valence-electron chi connectivity index (χ4n) is 1.54. The molecule has 0 unspecified atom stereocenters. The van der Waals surface area contributed by atoms with Gasteiger partial charge in [0.1, 0.15) is 5.75 Å². The Balaban J connectivity index is 2.33. The highest BCUT2D eigenvalue weighted by Gasteiger charge is 2.04. The van der Waals surface area contributed by atoms with Crippen LogP contribution in [0.15, 0.2) is 24.3 Å². The lowest BCUT2D eigenvalue weighted by atomic mass is 10.1. The van der Waals surface area contributed by atoms with Crippen molar-refractivity contribution in [1.82, 2.24) is 5.32 Å². The summed E-state index contributed by atoms with van der Waals surface area (Å²) in [6, 6.07) is 8.25. The van der Waals surface area contributed by atoms with Gasteiger partial charge in [0.05, 0.1) is 26.9 Å². The minimum absolute atomic E-state index is 0.0748. The molecule has 4 heteroatoms. The topological polar surface area (TPSA) is 50.7 Å². The lowest BCUT2D eigenvalue weighted by molar-refractivity contribution is 0.0928. The average molecular weight is 239 g/mol. The molecule has 2 N–H and O–H groups in total. The van der Waals surface area contributed by atoms with Crippen LogP contribution in [0.1, 0.15) is 18.5 Å². The maximum absolute atomic E-state index is 8.55. The summed E-state index contributed by atoms with van der Waals surface area (Å²) in [5.74, 6) is 0.868. The number of aliphatic hydroxyl groups excluding tert-OH is 1. The van der Waals surface area contributed by atoms with E-state index in [-0.39, 0.29) is 12.6 Å². The van der Waals surface area contributed by atoms with Gasteiger partial charge in [-0.05, 0) is 24.6 Å². The van der Waals surface area contributed by atoms with Crippen LogP contribution in [0.25, 0.3) is 0 Å². The molecule has 0 radical (unpaired) electrons. The second-order valence-electron chi connectivity index (χ2n) is 3.79. The largest absolute Gasteiger partial charge is 0.497 e. The molecule has 0 aliphatic heterocycles. The Morgan fingerprint density at radius 1 is 1.35 bits per heavy atom. The second kappa shape index (κ2) is 8.06. The molecule has 0 heterocycles. The summed E-state index contributed by atoms with van der Waals surface area (Å²) >= 11 is 0. The van der Waals surface area contributed by atoms with E-state index in [9.17, 15) is 0 Å². The molecule has 0 aliphatic rings. The van der Waals surface area contributed by atoms with E-state index in [1.807, 2.05) is 18.2 Å². The van der Waals surface area contributed by atoms with Crippen molar-refractivity contribution < 1.29 is 14.6 Å². The van der Waals surface area contributed by atoms with Gasteiger partial charge in [0.15, 0.2) is 0 Å². The van der Waals surface area contributed by atoms with Crippen LogP contribution in [-0.4, -0.2) is 38.6 Å². The number of methoxy groups -OCH3 is 1. The van der Waals surface area contributed by atoms with Crippen LogP contribution in [0.2, 0.25) is 0 Å². The van der Waals surface area contributed by atoms with Gasteiger partial charge in [-0.25, -0.2) is 0 Å². The Morgan fingerprint density at radius 2 is 2.18 bits per heavy atom. The van der Waals surface area contributed by atoms with Crippen LogP contribution >= 0.6 is 0 Å². The number of benzene rings is 1. The summed E-state index contributed by atoms with van der Waals surface area (Å²) in [4.78, 5) is 0. The summed E-state index contributed by atoms with van der Waals surface area (Å²) in [5.41, 5.74) is 1.19. The third-order valence-corrected chi connectivity index (χ3v) is 2.53. The minimum atomic E-state index is 0.0748. The van der Waals surface area contributed by atoms with Gasteiger partial charge in [-0.15, -0.1) is 0 Å². The summed E-state index contributed by atoms with van der Waals surface area (Å²) in [6.45, 7) is 3.94. The van der Waals surface area contributed by atoms with Gasteiger partial charge in [0.2, 0.25) is 0 Å². The van der Waals surface area contributed by atoms with Gasteiger partial charge in [0.25, 0.3) is 0 Å². The molecule has 17 heavy (non-hydrogen) atoms. The Bertz CT molecular complexity index is 317. The minimum Gasteiger partial charge on any atom is -0.497 e. The molecule has 96 valence electrons. The lowest BCUT2D eigenvalue weighted by Crippen LogP contribution is -2.23. The Kier molecular flexibility index (Phi) is 6.62. The molecular formula is C13H21NO3. The summed E-state index contributed by atoms with van der Waals surface area (Å²) in [7, 11) is 1.67. The van der Waals surface area contributed by atoms with Crippen molar-refractivity contribution in [2.75, 3.05) is 33.5 Å². The number of rotatable bonds is 8. The van der Waals surface area contributed by atoms with E-state index in [2.05, 4.69) is 18.3 Å². The quantitative estimate of drug-likeness (QED) is 0.672. The first-order valence-electron chi connectivity index (χ1n) is 5.84. The second-order valence-corrected chi connectivity index (χ2v) is 3.79. The maximum Gasteiger partial charge on any atom is 0.119 e. The van der Waals surface area contributed by atoms with Crippen LogP contribution in [0.5, 0.6) is 5.75 Å². The Labute approximate surface area is 103 Å². The number of aliphatic hydroxyl groups is 1. The van der Waals surface area contributed by atoms with Gasteiger partial charge in [-0.2, -0.15) is 0 Å². The first-order valence-corrected chi connectivity index (χ1v) is 5.84. The standard InChI is InChI=1S/C13H21NO3/c1-11(14-6-8-17-9-7-15)12-4-3-5-13(10-12)16-2/h3-5,10-11,14-15H,6-9H2,1-2H3/t11-/m0/s1. The monoisotopic (exact) mass is 239 g/mol. The highest BCUT2D eigenvalue weighted by Crippen LogP contribution is 2.18. The van der Waals surface area contributed by atoms with Crippen molar-refractivity contribution in [3.05, 3.63) is 29.8 Å². The zero-order valence-corrected chi connectivity index (χ0v) is 10.5. The summed E-state index contributed by atoms with van der Waals surface area (Å²) in [5, 5.41) is 11.9. The van der Waals surface area contributed by atoms with E-state index in [1.54, 1.807) is 7.11 Å². The van der Waals surface area contributed by atoms with E-state index in [0.717, 1.165) is 12.3 Å². The summed E-state index contributed by atoms with van der Waals surface area (Å²) < 4.78 is 10.4. The molecule has 1 atom stereocenters. The Hall–Kier alpha value is -1.10. The van der Waals surface area contributed by atoms with Crippen LogP contribution in [0.3, 0.4) is 0 Å². The van der Waals surface area contributed by atoms with Gasteiger partial charge >= 0.3 is 0 Å². The van der Waals surface area contributed by atoms with Crippen molar-refractivity contribution in [1.29, 1.82) is 0 Å². The first-order chi connectivity index (χ1) is 8.27. The third-order valence-electron chi connectivity index (χ3n) is 2.53. The van der Waals surface area contributed by atoms with Gasteiger partial charge in [-0.3, -0.25) is 0 Å². The first kappa shape index (κ1) is 14.0. The predicted octanol–water partition coefficient (Wildman–Crippen LogP) is 1.35. The van der Waals surface area contributed by atoms with E-state index in [4.69, 9.17) is 14.6 Å². The average Bonchev–Trinajstić information content (AvgIpc) is 2.38. The molecule has 1 aromatic carbocycles. The number of nitrogens with one attached hydrogen (secondary N) is 1. The summed E-state index contributed by atoms with van der Waals surface area (Å²) in [6.07, 6.45) is 0. The van der Waals surface area contributed by atoms with Crippen LogP contribution in [-0.2, 0) is 4.74 Å². The van der Waals surface area contributed by atoms with Crippen molar-refractivity contribution in [2.24, 2.45) is 0 Å². The molecule has 1 aromatic rings. The highest BCUT2D eigenvalue weighted by atomic mass is 16.5. The van der Waals surface area contributed by atoms with Crippen LogP contribution in [0.4, 0.5) is 0 Å². The maximum atomic E-state index is 8.55. The van der Waals surface area contributed by atoms with E-state index in [1.165, 1.54) is 5.56 Å². The van der Waals surface area contributed by atoms with E-state index < -0.39 is 0 Å². The SMILES string of the molecule is COc1cccc([C@H](C)NCCOCCO)c1. The zero-order valence-electron chi connectivity index (χ0n) is 10.5. The number of hydrogen-bond acceptors (Lipinski definition) is 4. The van der Waals surface area contributed by atoms with E-state index in [0.29, 0.717) is 13.2 Å². The van der Waals surface area contributed by atoms with Crippen LogP contribution in [0, 0.1) is 0 Å². The van der Waals surface area contributed by atoms with E-state index >= 15 is 0 Å². The molecular weight excluding hydrogens is 218 g/mol. The van der Waals surface area contributed by atoms with Gasteiger partial charge in [0, 0.05) is 12.6 Å². The fraction of sp³-hybridized carbons (Fsp3) is 0.538. The molecule has 0 aliphatic carbocycles. The molecule has 0 bridgehead atoms. The normalized spacial score (nSPS) is 12.4. The highest BCUT2D eigenvalue weighted by molar-refractivity contribution is 5.30. The third kappa shape index (κ3) is 5.17.